The fraction of sp³-hybridized carbons (Fsp3) is 0.500. The van der Waals surface area contributed by atoms with E-state index in [1.54, 1.807) is 12.3 Å². The van der Waals surface area contributed by atoms with Crippen molar-refractivity contribution in [2.45, 2.75) is 18.9 Å². The molecule has 0 aliphatic carbocycles. The lowest BCUT2D eigenvalue weighted by Gasteiger charge is -2.22. The Kier molecular flexibility index (Phi) is 2.79. The van der Waals surface area contributed by atoms with Crippen LogP contribution in [0.2, 0.25) is 0 Å². The molecule has 1 saturated heterocycles. The second-order valence-corrected chi connectivity index (χ2v) is 3.58. The highest BCUT2D eigenvalue weighted by molar-refractivity contribution is 5.36. The largest absolute Gasteiger partial charge is 0.337 e. The Morgan fingerprint density at radius 1 is 1.67 bits per heavy atom. The molecule has 0 saturated carbocycles. The van der Waals surface area contributed by atoms with Crippen LogP contribution in [-0.4, -0.2) is 29.1 Å². The van der Waals surface area contributed by atoms with Crippen LogP contribution >= 0.6 is 0 Å². The van der Waals surface area contributed by atoms with Crippen LogP contribution in [0.15, 0.2) is 12.3 Å². The predicted octanol–water partition coefficient (Wildman–Crippen LogP) is 0.276. The van der Waals surface area contributed by atoms with Gasteiger partial charge in [0.2, 0.25) is 5.95 Å². The molecule has 1 aliphatic heterocycles. The molecule has 1 unspecified atom stereocenters. The van der Waals surface area contributed by atoms with Crippen molar-refractivity contribution in [2.75, 3.05) is 18.0 Å². The zero-order chi connectivity index (χ0) is 10.7. The fourth-order valence-corrected chi connectivity index (χ4v) is 1.89. The number of hydrogen-bond donors (Lipinski definition) is 1. The van der Waals surface area contributed by atoms with E-state index in [1.165, 1.54) is 0 Å². The molecule has 1 aromatic heterocycles. The van der Waals surface area contributed by atoms with Gasteiger partial charge in [-0.25, -0.2) is 9.97 Å². The topological polar surface area (TPSA) is 78.8 Å². The summed E-state index contributed by atoms with van der Waals surface area (Å²) in [7, 11) is 0. The summed E-state index contributed by atoms with van der Waals surface area (Å²) in [4.78, 5) is 10.4. The molecule has 5 heteroatoms. The normalized spacial score (nSPS) is 20.3. The van der Waals surface area contributed by atoms with E-state index in [2.05, 4.69) is 14.9 Å². The molecule has 0 aromatic carbocycles. The smallest absolute Gasteiger partial charge is 0.226 e. The minimum absolute atomic E-state index is 0.318. The van der Waals surface area contributed by atoms with Crippen molar-refractivity contribution >= 4 is 5.95 Å². The maximum absolute atomic E-state index is 8.74. The van der Waals surface area contributed by atoms with E-state index < -0.39 is 0 Å². The Morgan fingerprint density at radius 3 is 3.27 bits per heavy atom. The molecule has 5 nitrogen and oxygen atoms in total. The molecule has 0 spiro atoms. The van der Waals surface area contributed by atoms with Crippen LogP contribution in [0.4, 0.5) is 5.95 Å². The van der Waals surface area contributed by atoms with Crippen molar-refractivity contribution in [3.05, 3.63) is 18.0 Å². The first kappa shape index (κ1) is 9.87. The van der Waals surface area contributed by atoms with Gasteiger partial charge in [0.15, 0.2) is 0 Å². The highest BCUT2D eigenvalue weighted by Crippen LogP contribution is 2.21. The van der Waals surface area contributed by atoms with Crippen molar-refractivity contribution in [1.82, 2.24) is 9.97 Å². The molecule has 1 aromatic rings. The third-order valence-electron chi connectivity index (χ3n) is 2.66. The molecule has 0 amide bonds. The number of nitrogens with two attached hydrogens (primary N) is 1. The number of nitrogens with zero attached hydrogens (tertiary/aromatic N) is 4. The lowest BCUT2D eigenvalue weighted by molar-refractivity contribution is 0.664. The maximum Gasteiger partial charge on any atom is 0.226 e. The third-order valence-corrected chi connectivity index (χ3v) is 2.66. The van der Waals surface area contributed by atoms with Gasteiger partial charge >= 0.3 is 0 Å². The summed E-state index contributed by atoms with van der Waals surface area (Å²) in [5.74, 6) is 0.627. The van der Waals surface area contributed by atoms with E-state index in [0.717, 1.165) is 19.4 Å². The Hall–Kier alpha value is -1.67. The van der Waals surface area contributed by atoms with Gasteiger partial charge in [-0.3, -0.25) is 0 Å². The zero-order valence-electron chi connectivity index (χ0n) is 8.43. The second kappa shape index (κ2) is 4.24. The highest BCUT2D eigenvalue weighted by Gasteiger charge is 2.25. The van der Waals surface area contributed by atoms with Gasteiger partial charge in [0.25, 0.3) is 0 Å². The van der Waals surface area contributed by atoms with Crippen molar-refractivity contribution in [2.24, 2.45) is 5.73 Å². The van der Waals surface area contributed by atoms with E-state index in [0.29, 0.717) is 24.2 Å². The SMILES string of the molecule is N#Cc1ccnc(N2CCCC2CN)n1. The predicted molar refractivity (Wildman–Crippen MR) is 56.2 cm³/mol. The number of rotatable bonds is 2. The van der Waals surface area contributed by atoms with Crippen LogP contribution in [-0.2, 0) is 0 Å². The molecule has 1 atom stereocenters. The van der Waals surface area contributed by atoms with Crippen LogP contribution in [0.3, 0.4) is 0 Å². The molecule has 0 bridgehead atoms. The minimum atomic E-state index is 0.318. The van der Waals surface area contributed by atoms with E-state index in [-0.39, 0.29) is 0 Å². The van der Waals surface area contributed by atoms with Crippen LogP contribution in [0.25, 0.3) is 0 Å². The van der Waals surface area contributed by atoms with E-state index in [1.807, 2.05) is 6.07 Å². The van der Waals surface area contributed by atoms with E-state index >= 15 is 0 Å². The second-order valence-electron chi connectivity index (χ2n) is 3.58. The summed E-state index contributed by atoms with van der Waals surface area (Å²) >= 11 is 0. The summed E-state index contributed by atoms with van der Waals surface area (Å²) in [6, 6.07) is 3.94. The number of nitriles is 1. The van der Waals surface area contributed by atoms with Crippen molar-refractivity contribution in [3.8, 4) is 6.07 Å². The van der Waals surface area contributed by atoms with Crippen LogP contribution in [0.5, 0.6) is 0 Å². The molecule has 1 fully saturated rings. The third kappa shape index (κ3) is 1.90. The standard InChI is InChI=1S/C10H13N5/c11-6-8-3-4-13-10(14-8)15-5-1-2-9(15)7-12/h3-4,9H,1-2,5,7,12H2. The first-order chi connectivity index (χ1) is 7.35. The van der Waals surface area contributed by atoms with Gasteiger partial charge in [0.05, 0.1) is 0 Å². The molecule has 2 heterocycles. The van der Waals surface area contributed by atoms with E-state index in [9.17, 15) is 0 Å². The maximum atomic E-state index is 8.74. The van der Waals surface area contributed by atoms with Gasteiger partial charge < -0.3 is 10.6 Å². The Morgan fingerprint density at radius 2 is 2.53 bits per heavy atom. The van der Waals surface area contributed by atoms with Crippen LogP contribution in [0.1, 0.15) is 18.5 Å². The van der Waals surface area contributed by atoms with Gasteiger partial charge in [-0.1, -0.05) is 0 Å². The fourth-order valence-electron chi connectivity index (χ4n) is 1.89. The molecular formula is C10H13N5. The molecular weight excluding hydrogens is 190 g/mol. The highest BCUT2D eigenvalue weighted by atomic mass is 15.3. The summed E-state index contributed by atoms with van der Waals surface area (Å²) in [6.07, 6.45) is 3.81. The quantitative estimate of drug-likeness (QED) is 0.746. The van der Waals surface area contributed by atoms with Gasteiger partial charge in [-0.15, -0.1) is 0 Å². The average Bonchev–Trinajstić information content (AvgIpc) is 2.77. The molecule has 15 heavy (non-hydrogen) atoms. The lowest BCUT2D eigenvalue weighted by Crippen LogP contribution is -2.36. The van der Waals surface area contributed by atoms with Gasteiger partial charge in [-0.2, -0.15) is 5.26 Å². The monoisotopic (exact) mass is 203 g/mol. The lowest BCUT2D eigenvalue weighted by atomic mass is 10.2. The first-order valence-electron chi connectivity index (χ1n) is 5.05. The Bertz CT molecular complexity index is 384. The number of aromatic nitrogens is 2. The summed E-state index contributed by atoms with van der Waals surface area (Å²) in [6.45, 7) is 1.54. The van der Waals surface area contributed by atoms with Gasteiger partial charge in [-0.05, 0) is 18.9 Å². The Balaban J connectivity index is 2.25. The van der Waals surface area contributed by atoms with Crippen molar-refractivity contribution in [1.29, 1.82) is 5.26 Å². The zero-order valence-corrected chi connectivity index (χ0v) is 8.43. The molecule has 78 valence electrons. The number of anilines is 1. The molecule has 2 rings (SSSR count). The molecule has 2 N–H and O–H groups in total. The van der Waals surface area contributed by atoms with Crippen LogP contribution in [0, 0.1) is 11.3 Å². The minimum Gasteiger partial charge on any atom is -0.337 e. The van der Waals surface area contributed by atoms with Crippen molar-refractivity contribution in [3.63, 3.8) is 0 Å². The summed E-state index contributed by atoms with van der Waals surface area (Å²) in [5.41, 5.74) is 6.08. The van der Waals surface area contributed by atoms with Gasteiger partial charge in [0.1, 0.15) is 11.8 Å². The summed E-state index contributed by atoms with van der Waals surface area (Å²) in [5, 5.41) is 8.74. The van der Waals surface area contributed by atoms with Crippen molar-refractivity contribution < 1.29 is 0 Å². The van der Waals surface area contributed by atoms with Gasteiger partial charge in [0, 0.05) is 25.3 Å². The van der Waals surface area contributed by atoms with Crippen LogP contribution < -0.4 is 10.6 Å². The average molecular weight is 203 g/mol. The first-order valence-corrected chi connectivity index (χ1v) is 5.05. The summed E-state index contributed by atoms with van der Waals surface area (Å²) < 4.78 is 0. The van der Waals surface area contributed by atoms with E-state index in [4.69, 9.17) is 11.0 Å². The molecule has 0 radical (unpaired) electrons. The number of hydrogen-bond acceptors (Lipinski definition) is 5. The Labute approximate surface area is 88.5 Å². The molecule has 1 aliphatic rings.